The first kappa shape index (κ1) is 13.0. The quantitative estimate of drug-likeness (QED) is 0.874. The van der Waals surface area contributed by atoms with Gasteiger partial charge in [-0.05, 0) is 36.2 Å². The maximum absolute atomic E-state index is 13.7. The molecule has 2 aromatic carbocycles. The summed E-state index contributed by atoms with van der Waals surface area (Å²) in [4.78, 5) is 11.1. The summed E-state index contributed by atoms with van der Waals surface area (Å²) >= 11 is 0. The van der Waals surface area contributed by atoms with Gasteiger partial charge in [0.1, 0.15) is 22.9 Å². The molecule has 0 aliphatic rings. The Morgan fingerprint density at radius 3 is 2.32 bits per heavy atom. The van der Waals surface area contributed by atoms with Gasteiger partial charge < -0.3 is 10.2 Å². The Morgan fingerprint density at radius 2 is 1.74 bits per heavy atom. The molecule has 2 N–H and O–H groups in total. The van der Waals surface area contributed by atoms with Crippen molar-refractivity contribution in [2.75, 3.05) is 0 Å². The molecule has 0 heterocycles. The van der Waals surface area contributed by atoms with Gasteiger partial charge in [-0.25, -0.2) is 13.6 Å². The van der Waals surface area contributed by atoms with Crippen LogP contribution >= 0.6 is 0 Å². The lowest BCUT2D eigenvalue weighted by atomic mass is 9.95. The van der Waals surface area contributed by atoms with Crippen molar-refractivity contribution in [1.29, 1.82) is 0 Å². The van der Waals surface area contributed by atoms with Gasteiger partial charge in [0.25, 0.3) is 0 Å². The molecule has 0 unspecified atom stereocenters. The zero-order chi connectivity index (χ0) is 14.2. The maximum Gasteiger partial charge on any atom is 0.339 e. The largest absolute Gasteiger partial charge is 0.507 e. The summed E-state index contributed by atoms with van der Waals surface area (Å²) in [7, 11) is 0. The minimum Gasteiger partial charge on any atom is -0.507 e. The van der Waals surface area contributed by atoms with Crippen LogP contribution in [0.5, 0.6) is 5.75 Å². The van der Waals surface area contributed by atoms with E-state index in [1.807, 2.05) is 0 Å². The summed E-state index contributed by atoms with van der Waals surface area (Å²) in [5.74, 6) is -3.20. The van der Waals surface area contributed by atoms with E-state index in [1.54, 1.807) is 0 Å². The van der Waals surface area contributed by atoms with Crippen LogP contribution in [-0.4, -0.2) is 16.2 Å². The van der Waals surface area contributed by atoms with Crippen molar-refractivity contribution in [3.63, 3.8) is 0 Å². The standard InChI is InChI=1S/C14H10F2O3/c1-7-9(4-5-12(17)13(7)14(18)19)10-3-2-8(15)6-11(10)16/h2-6,17H,1H3,(H,18,19). The number of aromatic carboxylic acids is 1. The van der Waals surface area contributed by atoms with Crippen molar-refractivity contribution in [2.24, 2.45) is 0 Å². The highest BCUT2D eigenvalue weighted by Gasteiger charge is 2.18. The number of hydrogen-bond acceptors (Lipinski definition) is 2. The first-order valence-electron chi connectivity index (χ1n) is 5.43. The third-order valence-corrected chi connectivity index (χ3v) is 2.88. The molecule has 98 valence electrons. The number of aromatic hydroxyl groups is 1. The van der Waals surface area contributed by atoms with Crippen molar-refractivity contribution in [3.05, 3.63) is 53.1 Å². The minimum atomic E-state index is -1.31. The van der Waals surface area contributed by atoms with Crippen LogP contribution in [0.25, 0.3) is 11.1 Å². The molecular weight excluding hydrogens is 254 g/mol. The molecule has 0 amide bonds. The van der Waals surface area contributed by atoms with Gasteiger partial charge in [-0.1, -0.05) is 6.07 Å². The summed E-state index contributed by atoms with van der Waals surface area (Å²) in [5.41, 5.74) is 0.313. The van der Waals surface area contributed by atoms with Crippen molar-refractivity contribution in [2.45, 2.75) is 6.92 Å². The summed E-state index contributed by atoms with van der Waals surface area (Å²) in [6, 6.07) is 5.62. The Kier molecular flexibility index (Phi) is 3.21. The SMILES string of the molecule is Cc1c(-c2ccc(F)cc2F)ccc(O)c1C(=O)O. The van der Waals surface area contributed by atoms with E-state index in [9.17, 15) is 18.7 Å². The fraction of sp³-hybridized carbons (Fsp3) is 0.0714. The predicted molar refractivity (Wildman–Crippen MR) is 65.2 cm³/mol. The van der Waals surface area contributed by atoms with E-state index < -0.39 is 23.4 Å². The van der Waals surface area contributed by atoms with Crippen LogP contribution in [0.3, 0.4) is 0 Å². The van der Waals surface area contributed by atoms with Crippen LogP contribution in [0.2, 0.25) is 0 Å². The molecule has 0 aliphatic heterocycles. The van der Waals surface area contributed by atoms with Gasteiger partial charge in [-0.3, -0.25) is 0 Å². The minimum absolute atomic E-state index is 0.0846. The Hall–Kier alpha value is -2.43. The van der Waals surface area contributed by atoms with Gasteiger partial charge in [0.05, 0.1) is 0 Å². The van der Waals surface area contributed by atoms with Crippen LogP contribution in [0.4, 0.5) is 8.78 Å². The molecule has 2 rings (SSSR count). The molecule has 2 aromatic rings. The van der Waals surface area contributed by atoms with Crippen LogP contribution in [0.1, 0.15) is 15.9 Å². The molecule has 0 aliphatic carbocycles. The smallest absolute Gasteiger partial charge is 0.339 e. The number of carboxylic acid groups (broad SMARTS) is 1. The zero-order valence-electron chi connectivity index (χ0n) is 9.95. The van der Waals surface area contributed by atoms with Gasteiger partial charge in [0.2, 0.25) is 0 Å². The number of hydrogen-bond donors (Lipinski definition) is 2. The highest BCUT2D eigenvalue weighted by molar-refractivity contribution is 5.95. The van der Waals surface area contributed by atoms with Gasteiger partial charge in [0.15, 0.2) is 0 Å². The lowest BCUT2D eigenvalue weighted by molar-refractivity contribution is 0.0693. The third-order valence-electron chi connectivity index (χ3n) is 2.88. The predicted octanol–water partition coefficient (Wildman–Crippen LogP) is 3.34. The molecule has 0 atom stereocenters. The molecule has 3 nitrogen and oxygen atoms in total. The molecule has 0 aromatic heterocycles. The number of carbonyl (C=O) groups is 1. The molecule has 5 heteroatoms. The normalized spacial score (nSPS) is 10.5. The number of halogens is 2. The van der Waals surface area contributed by atoms with Gasteiger partial charge in [0, 0.05) is 11.6 Å². The Bertz CT molecular complexity index is 666. The van der Waals surface area contributed by atoms with Gasteiger partial charge >= 0.3 is 5.97 Å². The number of carboxylic acids is 1. The van der Waals surface area contributed by atoms with E-state index in [4.69, 9.17) is 5.11 Å². The monoisotopic (exact) mass is 264 g/mol. The summed E-state index contributed by atoms with van der Waals surface area (Å²) in [6.45, 7) is 1.46. The number of rotatable bonds is 2. The Balaban J connectivity index is 2.70. The van der Waals surface area contributed by atoms with Crippen molar-refractivity contribution >= 4 is 5.97 Å². The van der Waals surface area contributed by atoms with E-state index >= 15 is 0 Å². The summed E-state index contributed by atoms with van der Waals surface area (Å²) in [6.07, 6.45) is 0. The van der Waals surface area contributed by atoms with E-state index in [0.29, 0.717) is 5.56 Å². The molecule has 0 saturated heterocycles. The van der Waals surface area contributed by atoms with Gasteiger partial charge in [-0.2, -0.15) is 0 Å². The van der Waals surface area contributed by atoms with Gasteiger partial charge in [-0.15, -0.1) is 0 Å². The summed E-state index contributed by atoms with van der Waals surface area (Å²) < 4.78 is 26.6. The van der Waals surface area contributed by atoms with Crippen molar-refractivity contribution in [3.8, 4) is 16.9 Å². The second-order valence-electron chi connectivity index (χ2n) is 4.06. The molecule has 0 spiro atoms. The lowest BCUT2D eigenvalue weighted by Crippen LogP contribution is -2.02. The zero-order valence-corrected chi connectivity index (χ0v) is 9.95. The first-order valence-corrected chi connectivity index (χ1v) is 5.43. The Labute approximate surface area is 107 Å². The van der Waals surface area contributed by atoms with E-state index in [1.165, 1.54) is 25.1 Å². The van der Waals surface area contributed by atoms with Crippen LogP contribution < -0.4 is 0 Å². The average molecular weight is 264 g/mol. The van der Waals surface area contributed by atoms with Crippen LogP contribution in [0, 0.1) is 18.6 Å². The van der Waals surface area contributed by atoms with E-state index in [0.717, 1.165) is 12.1 Å². The highest BCUT2D eigenvalue weighted by Crippen LogP contribution is 2.32. The molecule has 19 heavy (non-hydrogen) atoms. The topological polar surface area (TPSA) is 57.5 Å². The van der Waals surface area contributed by atoms with Crippen molar-refractivity contribution < 1.29 is 23.8 Å². The molecule has 0 bridgehead atoms. The van der Waals surface area contributed by atoms with Crippen LogP contribution in [-0.2, 0) is 0 Å². The van der Waals surface area contributed by atoms with E-state index in [-0.39, 0.29) is 16.7 Å². The number of benzene rings is 2. The first-order chi connectivity index (χ1) is 8.91. The average Bonchev–Trinajstić information content (AvgIpc) is 2.30. The highest BCUT2D eigenvalue weighted by atomic mass is 19.1. The lowest BCUT2D eigenvalue weighted by Gasteiger charge is -2.11. The fourth-order valence-electron chi connectivity index (χ4n) is 1.97. The molecular formula is C14H10F2O3. The molecule has 0 saturated carbocycles. The third kappa shape index (κ3) is 2.27. The molecule has 0 radical (unpaired) electrons. The second kappa shape index (κ2) is 4.68. The summed E-state index contributed by atoms with van der Waals surface area (Å²) in [5, 5.41) is 18.5. The Morgan fingerprint density at radius 1 is 1.11 bits per heavy atom. The van der Waals surface area contributed by atoms with Crippen LogP contribution in [0.15, 0.2) is 30.3 Å². The van der Waals surface area contributed by atoms with E-state index in [2.05, 4.69) is 0 Å². The molecule has 0 fully saturated rings. The fourth-order valence-corrected chi connectivity index (χ4v) is 1.97. The van der Waals surface area contributed by atoms with Crippen molar-refractivity contribution in [1.82, 2.24) is 0 Å². The second-order valence-corrected chi connectivity index (χ2v) is 4.06. The number of phenols is 1. The maximum atomic E-state index is 13.7.